The number of fused-ring (bicyclic) bond motifs is 5. The van der Waals surface area contributed by atoms with Crippen LogP contribution in [0.3, 0.4) is 0 Å². The quantitative estimate of drug-likeness (QED) is 0.0904. The fourth-order valence-electron chi connectivity index (χ4n) is 6.92. The maximum atomic E-state index is 14.3. The van der Waals surface area contributed by atoms with Crippen LogP contribution < -0.4 is 42.2 Å². The van der Waals surface area contributed by atoms with Gasteiger partial charge < -0.3 is 47.1 Å². The monoisotopic (exact) mass is 830 g/mol. The summed E-state index contributed by atoms with van der Waals surface area (Å²) in [5.74, 6) is -2.25. The van der Waals surface area contributed by atoms with Gasteiger partial charge in [-0.3, -0.25) is 24.0 Å². The first-order valence-electron chi connectivity index (χ1n) is 20.4. The number of ether oxygens (including phenoxy) is 2. The van der Waals surface area contributed by atoms with E-state index in [-0.39, 0.29) is 39.3 Å². The van der Waals surface area contributed by atoms with Gasteiger partial charge in [0.05, 0.1) is 12.6 Å². The first-order valence-corrected chi connectivity index (χ1v) is 20.4. The zero-order valence-electron chi connectivity index (χ0n) is 34.8. The minimum atomic E-state index is -1.32. The predicted molar refractivity (Wildman–Crippen MR) is 231 cm³/mol. The Labute approximate surface area is 356 Å². The van der Waals surface area contributed by atoms with E-state index in [9.17, 15) is 24.0 Å². The molecule has 4 aromatic carbocycles. The lowest BCUT2D eigenvalue weighted by Crippen LogP contribution is -2.55. The predicted octanol–water partition coefficient (Wildman–Crippen LogP) is 3.15. The first kappa shape index (κ1) is 45.3. The SMILES string of the molecule is CCCCc1ccc(-c2ccc(C(=O)NCC(=O)N(C)C3C(=O)N[C@@H](C)C(=O)NC(C(=O)NCC#N)Cc4ccc(OCCN)c(c4)-c4cc3ccc4OCCN)cc2)cc1. The fourth-order valence-corrected chi connectivity index (χ4v) is 6.92. The summed E-state index contributed by atoms with van der Waals surface area (Å²) in [7, 11) is 1.43. The Hall–Kier alpha value is -6.76. The molecule has 0 saturated carbocycles. The van der Waals surface area contributed by atoms with Crippen LogP contribution >= 0.6 is 0 Å². The molecule has 2 unspecified atom stereocenters. The van der Waals surface area contributed by atoms with Gasteiger partial charge in [0.2, 0.25) is 23.6 Å². The number of aryl methyl sites for hydroxylation is 1. The zero-order chi connectivity index (χ0) is 43.9. The van der Waals surface area contributed by atoms with Crippen molar-refractivity contribution in [1.29, 1.82) is 5.26 Å². The van der Waals surface area contributed by atoms with Crippen LogP contribution in [0.25, 0.3) is 22.3 Å². The van der Waals surface area contributed by atoms with Gasteiger partial charge in [0.15, 0.2) is 0 Å². The van der Waals surface area contributed by atoms with Gasteiger partial charge >= 0.3 is 0 Å². The lowest BCUT2D eigenvalue weighted by Gasteiger charge is -2.30. The molecule has 0 radical (unpaired) electrons. The summed E-state index contributed by atoms with van der Waals surface area (Å²) in [4.78, 5) is 69.5. The minimum absolute atomic E-state index is 0.0230. The van der Waals surface area contributed by atoms with E-state index in [0.717, 1.165) is 30.4 Å². The van der Waals surface area contributed by atoms with Crippen molar-refractivity contribution < 1.29 is 33.4 Å². The number of carbonyl (C=O) groups is 5. The highest BCUT2D eigenvalue weighted by molar-refractivity contribution is 5.98. The van der Waals surface area contributed by atoms with Gasteiger partial charge in [0, 0.05) is 43.2 Å². The van der Waals surface area contributed by atoms with Gasteiger partial charge in [-0.15, -0.1) is 0 Å². The van der Waals surface area contributed by atoms with Gasteiger partial charge in [-0.05, 0) is 84.0 Å². The third kappa shape index (κ3) is 11.9. The summed E-state index contributed by atoms with van der Waals surface area (Å²) in [6.45, 7) is 3.64. The van der Waals surface area contributed by atoms with E-state index < -0.39 is 54.2 Å². The number of rotatable bonds is 16. The molecule has 5 amide bonds. The normalized spacial score (nSPS) is 16.2. The van der Waals surface area contributed by atoms with Gasteiger partial charge in [-0.2, -0.15) is 5.26 Å². The van der Waals surface area contributed by atoms with Gasteiger partial charge in [-0.1, -0.05) is 61.9 Å². The van der Waals surface area contributed by atoms with Crippen molar-refractivity contribution in [3.05, 3.63) is 107 Å². The van der Waals surface area contributed by atoms with E-state index in [1.807, 2.05) is 18.2 Å². The molecule has 61 heavy (non-hydrogen) atoms. The fraction of sp³-hybridized carbons (Fsp3) is 0.348. The minimum Gasteiger partial charge on any atom is -0.492 e. The summed E-state index contributed by atoms with van der Waals surface area (Å²) < 4.78 is 12.1. The highest BCUT2D eigenvalue weighted by atomic mass is 16.5. The molecule has 0 fully saturated rings. The number of amides is 5. The summed E-state index contributed by atoms with van der Waals surface area (Å²) in [5, 5.41) is 19.7. The summed E-state index contributed by atoms with van der Waals surface area (Å²) >= 11 is 0. The zero-order valence-corrected chi connectivity index (χ0v) is 34.8. The maximum Gasteiger partial charge on any atom is 0.251 e. The van der Waals surface area contributed by atoms with Crippen LogP contribution in [0.5, 0.6) is 11.5 Å². The molecule has 5 rings (SSSR count). The van der Waals surface area contributed by atoms with Crippen molar-refractivity contribution in [2.45, 2.75) is 57.7 Å². The van der Waals surface area contributed by atoms with Crippen LogP contribution in [-0.4, -0.2) is 93.0 Å². The number of nitriles is 1. The van der Waals surface area contributed by atoms with Crippen LogP contribution in [0.15, 0.2) is 84.9 Å². The molecule has 4 bridgehead atoms. The summed E-state index contributed by atoms with van der Waals surface area (Å²) in [6.07, 6.45) is 3.30. The molecule has 4 aromatic rings. The lowest BCUT2D eigenvalue weighted by molar-refractivity contribution is -0.139. The van der Waals surface area contributed by atoms with Gasteiger partial charge in [0.25, 0.3) is 5.91 Å². The van der Waals surface area contributed by atoms with E-state index in [1.54, 1.807) is 48.5 Å². The topological polar surface area (TPSA) is 231 Å². The Bertz CT molecular complexity index is 2220. The number of hydrogen-bond acceptors (Lipinski definition) is 10. The number of nitrogens with two attached hydrogens (primary N) is 2. The van der Waals surface area contributed by atoms with Crippen LogP contribution in [0.1, 0.15) is 59.8 Å². The van der Waals surface area contributed by atoms with Gasteiger partial charge in [-0.25, -0.2) is 0 Å². The second kappa shape index (κ2) is 22.0. The highest BCUT2D eigenvalue weighted by Gasteiger charge is 2.33. The van der Waals surface area contributed by atoms with Crippen LogP contribution in [0, 0.1) is 11.3 Å². The van der Waals surface area contributed by atoms with Crippen molar-refractivity contribution in [2.24, 2.45) is 11.5 Å². The molecule has 3 atom stereocenters. The van der Waals surface area contributed by atoms with E-state index in [0.29, 0.717) is 39.3 Å². The molecule has 1 aliphatic rings. The van der Waals surface area contributed by atoms with Crippen molar-refractivity contribution in [2.75, 3.05) is 46.4 Å². The standard InChI is InChI=1S/C46H54N8O7/c1-4-5-6-30-7-10-32(11-8-30)33-12-14-34(15-13-33)44(57)51-28-41(55)54(3)42-35-16-18-40(61-24-21-49)37(27-35)36-25-31(9-17-39(36)60-23-20-48)26-38(45(58)50-22-19-47)53-43(56)29(2)52-46(42)59/h7-18,25,27,29,38,42H,4-6,20-24,26,28,48-49H2,1-3H3,(H,50,58)(H,51,57)(H,52,59)(H,53,56)/t29-,38?,42?/m0/s1. The third-order valence-electron chi connectivity index (χ3n) is 10.3. The molecule has 15 heteroatoms. The number of nitrogens with zero attached hydrogens (tertiary/aromatic N) is 2. The molecule has 0 aromatic heterocycles. The van der Waals surface area contributed by atoms with Crippen molar-refractivity contribution in [1.82, 2.24) is 26.2 Å². The Kier molecular flexibility index (Phi) is 16.4. The molecule has 15 nitrogen and oxygen atoms in total. The number of nitrogens with one attached hydrogen (secondary N) is 4. The molecular weight excluding hydrogens is 777 g/mol. The number of unbranched alkanes of at least 4 members (excludes halogenated alkanes) is 1. The number of hydrogen-bond donors (Lipinski definition) is 6. The third-order valence-corrected chi connectivity index (χ3v) is 10.3. The lowest BCUT2D eigenvalue weighted by atomic mass is 9.93. The molecule has 0 spiro atoms. The Morgan fingerprint density at radius 2 is 1.46 bits per heavy atom. The number of likely N-dealkylation sites (N-methyl/N-ethyl adjacent to an activating group) is 1. The molecule has 1 aliphatic heterocycles. The van der Waals surface area contributed by atoms with Crippen molar-refractivity contribution >= 4 is 29.5 Å². The Morgan fingerprint density at radius 3 is 2.08 bits per heavy atom. The van der Waals surface area contributed by atoms with Crippen LogP contribution in [-0.2, 0) is 32.0 Å². The Morgan fingerprint density at radius 1 is 0.836 bits per heavy atom. The van der Waals surface area contributed by atoms with Gasteiger partial charge in [0.1, 0.15) is 49.4 Å². The summed E-state index contributed by atoms with van der Waals surface area (Å²) in [6, 6.07) is 23.9. The van der Waals surface area contributed by atoms with E-state index in [2.05, 4.69) is 52.5 Å². The number of carbonyl (C=O) groups excluding carboxylic acids is 5. The molecular formula is C46H54N8O7. The average molecular weight is 831 g/mol. The molecule has 0 aliphatic carbocycles. The van der Waals surface area contributed by atoms with Crippen LogP contribution in [0.4, 0.5) is 0 Å². The Balaban J connectivity index is 1.46. The summed E-state index contributed by atoms with van der Waals surface area (Å²) in [5.41, 5.74) is 17.2. The second-order valence-corrected chi connectivity index (χ2v) is 14.7. The molecule has 320 valence electrons. The van der Waals surface area contributed by atoms with E-state index in [4.69, 9.17) is 26.2 Å². The maximum absolute atomic E-state index is 14.3. The molecule has 0 saturated heterocycles. The highest BCUT2D eigenvalue weighted by Crippen LogP contribution is 2.40. The second-order valence-electron chi connectivity index (χ2n) is 14.7. The van der Waals surface area contributed by atoms with Crippen molar-refractivity contribution in [3.8, 4) is 39.8 Å². The van der Waals surface area contributed by atoms with E-state index in [1.165, 1.54) is 24.4 Å². The smallest absolute Gasteiger partial charge is 0.251 e. The van der Waals surface area contributed by atoms with Crippen molar-refractivity contribution in [3.63, 3.8) is 0 Å². The largest absolute Gasteiger partial charge is 0.492 e. The van der Waals surface area contributed by atoms with E-state index >= 15 is 0 Å². The molecule has 8 N–H and O–H groups in total. The average Bonchev–Trinajstić information content (AvgIpc) is 3.27. The number of benzene rings is 4. The van der Waals surface area contributed by atoms with Crippen LogP contribution in [0.2, 0.25) is 0 Å². The first-order chi connectivity index (χ1) is 29.5. The molecule has 1 heterocycles.